The van der Waals surface area contributed by atoms with Gasteiger partial charge in [-0.1, -0.05) is 54.8 Å². The minimum absolute atomic E-state index is 0.144. The highest BCUT2D eigenvalue weighted by Crippen LogP contribution is 2.41. The van der Waals surface area contributed by atoms with Crippen molar-refractivity contribution in [2.75, 3.05) is 47.8 Å². The maximum absolute atomic E-state index is 13.8. The van der Waals surface area contributed by atoms with E-state index in [1.54, 1.807) is 0 Å². The van der Waals surface area contributed by atoms with E-state index in [1.807, 2.05) is 53.4 Å². The highest BCUT2D eigenvalue weighted by molar-refractivity contribution is 7.80. The highest BCUT2D eigenvalue weighted by atomic mass is 35.5. The van der Waals surface area contributed by atoms with Crippen molar-refractivity contribution in [3.05, 3.63) is 76.9 Å². The topological polar surface area (TPSA) is 56.3 Å². The average molecular weight is 575 g/mol. The van der Waals surface area contributed by atoms with Gasteiger partial charge in [0.2, 0.25) is 5.95 Å². The number of piperazine rings is 1. The number of para-hydroxylation sites is 1. The minimum Gasteiger partial charge on any atom is -0.368 e. The summed E-state index contributed by atoms with van der Waals surface area (Å²) >= 11 is 11.7. The molecule has 1 aromatic heterocycles. The Labute approximate surface area is 236 Å². The number of nitrogens with one attached hydrogen (secondary N) is 2. The summed E-state index contributed by atoms with van der Waals surface area (Å²) in [5.74, 6) is 0.0487. The van der Waals surface area contributed by atoms with Crippen molar-refractivity contribution >= 4 is 46.4 Å². The molecule has 6 nitrogen and oxygen atoms in total. The van der Waals surface area contributed by atoms with E-state index >= 15 is 0 Å². The van der Waals surface area contributed by atoms with Crippen LogP contribution in [0.2, 0.25) is 5.02 Å². The van der Waals surface area contributed by atoms with Crippen LogP contribution in [0.5, 0.6) is 0 Å². The van der Waals surface area contributed by atoms with Gasteiger partial charge in [0.1, 0.15) is 5.82 Å². The molecule has 1 aliphatic heterocycles. The Morgan fingerprint density at radius 1 is 0.923 bits per heavy atom. The Hall–Kier alpha value is -3.11. The standard InChI is InChI=1S/C28H30ClF3N6S/c29-21-8-6-7-20(17-21)27(11-4-5-12-27)19-33-26(39)36-25-34-23(28(30,31)32)18-24(35-25)38-15-13-37(14-16-38)22-9-2-1-3-10-22/h1-3,6-10,17-18H,4-5,11-16,19H2,(H2,33,34,35,36,39). The number of hydrogen-bond acceptors (Lipinski definition) is 5. The first-order valence-corrected chi connectivity index (χ1v) is 13.8. The summed E-state index contributed by atoms with van der Waals surface area (Å²) in [4.78, 5) is 12.2. The lowest BCUT2D eigenvalue weighted by molar-refractivity contribution is -0.141. The Bertz CT molecular complexity index is 1290. The van der Waals surface area contributed by atoms with Crippen LogP contribution in [0, 0.1) is 0 Å². The Morgan fingerprint density at radius 3 is 2.28 bits per heavy atom. The molecule has 39 heavy (non-hydrogen) atoms. The molecule has 0 bridgehead atoms. The van der Waals surface area contributed by atoms with Gasteiger partial charge in [-0.05, 0) is 54.9 Å². The van der Waals surface area contributed by atoms with Crippen molar-refractivity contribution in [3.63, 3.8) is 0 Å². The summed E-state index contributed by atoms with van der Waals surface area (Å²) in [5.41, 5.74) is 1.08. The maximum Gasteiger partial charge on any atom is 0.433 e. The summed E-state index contributed by atoms with van der Waals surface area (Å²) in [6.07, 6.45) is -0.488. The summed E-state index contributed by atoms with van der Waals surface area (Å²) in [6.45, 7) is 2.95. The molecule has 11 heteroatoms. The lowest BCUT2D eigenvalue weighted by Crippen LogP contribution is -2.47. The molecule has 2 aliphatic rings. The molecule has 0 radical (unpaired) electrons. The van der Waals surface area contributed by atoms with Gasteiger partial charge in [-0.2, -0.15) is 18.2 Å². The SMILES string of the molecule is FC(F)(F)c1cc(N2CCN(c3ccccc3)CC2)nc(NC(=S)NCC2(c3cccc(Cl)c3)CCCC2)n1. The Morgan fingerprint density at radius 2 is 1.62 bits per heavy atom. The van der Waals surface area contributed by atoms with E-state index < -0.39 is 11.9 Å². The van der Waals surface area contributed by atoms with E-state index in [9.17, 15) is 13.2 Å². The van der Waals surface area contributed by atoms with Gasteiger partial charge >= 0.3 is 6.18 Å². The van der Waals surface area contributed by atoms with E-state index in [1.165, 1.54) is 0 Å². The second kappa shape index (κ2) is 11.6. The van der Waals surface area contributed by atoms with Gasteiger partial charge in [-0.3, -0.25) is 0 Å². The van der Waals surface area contributed by atoms with Gasteiger partial charge in [0.25, 0.3) is 0 Å². The van der Waals surface area contributed by atoms with Gasteiger partial charge in [0.15, 0.2) is 10.8 Å². The van der Waals surface area contributed by atoms with Crippen molar-refractivity contribution in [2.24, 2.45) is 0 Å². The van der Waals surface area contributed by atoms with Gasteiger partial charge < -0.3 is 20.4 Å². The smallest absolute Gasteiger partial charge is 0.368 e. The number of hydrogen-bond donors (Lipinski definition) is 2. The number of aromatic nitrogens is 2. The molecule has 0 atom stereocenters. The highest BCUT2D eigenvalue weighted by Gasteiger charge is 2.37. The summed E-state index contributed by atoms with van der Waals surface area (Å²) in [5, 5.41) is 6.87. The minimum atomic E-state index is -4.62. The van der Waals surface area contributed by atoms with Crippen LogP contribution in [0.15, 0.2) is 60.7 Å². The second-order valence-corrected chi connectivity index (χ2v) is 10.9. The van der Waals surface area contributed by atoms with Crippen molar-refractivity contribution in [3.8, 4) is 0 Å². The first-order valence-electron chi connectivity index (χ1n) is 13.0. The van der Waals surface area contributed by atoms with Gasteiger partial charge in [0, 0.05) is 54.9 Å². The predicted octanol–water partition coefficient (Wildman–Crippen LogP) is 6.27. The Kier molecular flexibility index (Phi) is 8.13. The van der Waals surface area contributed by atoms with Crippen molar-refractivity contribution in [1.29, 1.82) is 0 Å². The molecular formula is C28H30ClF3N6S. The van der Waals surface area contributed by atoms with Crippen molar-refractivity contribution in [1.82, 2.24) is 15.3 Å². The van der Waals surface area contributed by atoms with Gasteiger partial charge in [-0.15, -0.1) is 0 Å². The molecule has 5 rings (SSSR count). The lowest BCUT2D eigenvalue weighted by atomic mass is 9.79. The van der Waals surface area contributed by atoms with E-state index in [0.29, 0.717) is 37.7 Å². The third-order valence-electron chi connectivity index (χ3n) is 7.54. The summed E-state index contributed by atoms with van der Waals surface area (Å²) < 4.78 is 41.3. The molecule has 2 heterocycles. The monoisotopic (exact) mass is 574 g/mol. The molecule has 1 saturated heterocycles. The van der Waals surface area contributed by atoms with Crippen molar-refractivity contribution in [2.45, 2.75) is 37.3 Å². The zero-order valence-electron chi connectivity index (χ0n) is 21.3. The van der Waals surface area contributed by atoms with Crippen LogP contribution in [0.3, 0.4) is 0 Å². The molecule has 0 amide bonds. The zero-order chi connectivity index (χ0) is 27.5. The quantitative estimate of drug-likeness (QED) is 0.336. The Balaban J connectivity index is 1.28. The fourth-order valence-corrected chi connectivity index (χ4v) is 5.82. The van der Waals surface area contributed by atoms with Crippen LogP contribution in [0.25, 0.3) is 0 Å². The number of rotatable bonds is 6. The van der Waals surface area contributed by atoms with E-state index in [0.717, 1.165) is 43.0 Å². The number of benzene rings is 2. The normalized spacial score (nSPS) is 17.2. The fraction of sp³-hybridized carbons (Fsp3) is 0.393. The van der Waals surface area contributed by atoms with Crippen LogP contribution < -0.4 is 20.4 Å². The summed E-state index contributed by atoms with van der Waals surface area (Å²) in [6, 6.07) is 18.8. The molecule has 1 saturated carbocycles. The molecule has 206 valence electrons. The van der Waals surface area contributed by atoms with E-state index in [4.69, 9.17) is 23.8 Å². The van der Waals surface area contributed by atoms with E-state index in [2.05, 4.69) is 31.6 Å². The van der Waals surface area contributed by atoms with Crippen LogP contribution in [0.4, 0.5) is 30.6 Å². The molecule has 2 fully saturated rings. The zero-order valence-corrected chi connectivity index (χ0v) is 22.9. The number of halogens is 4. The van der Waals surface area contributed by atoms with Crippen LogP contribution in [-0.4, -0.2) is 47.8 Å². The molecule has 1 aliphatic carbocycles. The number of anilines is 3. The number of nitrogens with zero attached hydrogens (tertiary/aromatic N) is 4. The average Bonchev–Trinajstić information content (AvgIpc) is 3.42. The van der Waals surface area contributed by atoms with Crippen LogP contribution >= 0.6 is 23.8 Å². The largest absolute Gasteiger partial charge is 0.433 e. The number of alkyl halides is 3. The molecule has 0 unspecified atom stereocenters. The molecule has 2 N–H and O–H groups in total. The van der Waals surface area contributed by atoms with Crippen molar-refractivity contribution < 1.29 is 13.2 Å². The number of thiocarbonyl (C=S) groups is 1. The molecule has 0 spiro atoms. The molecule has 2 aromatic carbocycles. The molecule has 3 aromatic rings. The van der Waals surface area contributed by atoms with Crippen LogP contribution in [0.1, 0.15) is 36.9 Å². The van der Waals surface area contributed by atoms with Crippen LogP contribution in [-0.2, 0) is 11.6 Å². The first kappa shape index (κ1) is 27.5. The lowest BCUT2D eigenvalue weighted by Gasteiger charge is -2.37. The predicted molar refractivity (Wildman–Crippen MR) is 154 cm³/mol. The third kappa shape index (κ3) is 6.55. The third-order valence-corrected chi connectivity index (χ3v) is 8.02. The van der Waals surface area contributed by atoms with Gasteiger partial charge in [-0.25, -0.2) is 4.98 Å². The first-order chi connectivity index (χ1) is 18.7. The summed E-state index contributed by atoms with van der Waals surface area (Å²) in [7, 11) is 0. The maximum atomic E-state index is 13.8. The van der Waals surface area contributed by atoms with E-state index in [-0.39, 0.29) is 22.3 Å². The van der Waals surface area contributed by atoms with Gasteiger partial charge in [0.05, 0.1) is 0 Å². The second-order valence-electron chi connectivity index (χ2n) is 10.0. The molecular weight excluding hydrogens is 545 g/mol. The fourth-order valence-electron chi connectivity index (χ4n) is 5.46.